The standard InChI is InChI=1S/C14H18N4OS/c1-2-7-15-13-5-3-4-12(18-13)14(19)16-8-6-11-9-20-10-17-11/h3-5,9-10H,2,6-8H2,1H3,(H,15,18)(H,16,19). The number of hydrogen-bond donors (Lipinski definition) is 2. The predicted molar refractivity (Wildman–Crippen MR) is 81.2 cm³/mol. The van der Waals surface area contributed by atoms with Gasteiger partial charge in [0.15, 0.2) is 0 Å². The maximum atomic E-state index is 12.0. The molecule has 106 valence electrons. The summed E-state index contributed by atoms with van der Waals surface area (Å²) in [5.41, 5.74) is 3.23. The second-order valence-corrected chi connectivity index (χ2v) is 5.04. The van der Waals surface area contributed by atoms with Gasteiger partial charge in [-0.3, -0.25) is 4.79 Å². The lowest BCUT2D eigenvalue weighted by Gasteiger charge is -2.07. The molecule has 0 bridgehead atoms. The van der Waals surface area contributed by atoms with Crippen molar-refractivity contribution in [3.8, 4) is 0 Å². The average Bonchev–Trinajstić information content (AvgIpc) is 2.98. The van der Waals surface area contributed by atoms with Crippen LogP contribution in [-0.2, 0) is 6.42 Å². The van der Waals surface area contributed by atoms with Crippen LogP contribution >= 0.6 is 11.3 Å². The second-order valence-electron chi connectivity index (χ2n) is 4.32. The Kier molecular flexibility index (Phi) is 5.49. The molecule has 0 aliphatic rings. The van der Waals surface area contributed by atoms with Crippen LogP contribution in [0.2, 0.25) is 0 Å². The fourth-order valence-electron chi connectivity index (χ4n) is 1.67. The molecule has 2 N–H and O–H groups in total. The van der Waals surface area contributed by atoms with Gasteiger partial charge < -0.3 is 10.6 Å². The van der Waals surface area contributed by atoms with Crippen molar-refractivity contribution in [3.63, 3.8) is 0 Å². The smallest absolute Gasteiger partial charge is 0.269 e. The number of anilines is 1. The molecular weight excluding hydrogens is 272 g/mol. The first-order valence-corrected chi connectivity index (χ1v) is 7.60. The number of carbonyl (C=O) groups is 1. The molecular formula is C14H18N4OS. The number of carbonyl (C=O) groups excluding carboxylic acids is 1. The van der Waals surface area contributed by atoms with E-state index >= 15 is 0 Å². The van der Waals surface area contributed by atoms with Gasteiger partial charge >= 0.3 is 0 Å². The fourth-order valence-corrected chi connectivity index (χ4v) is 2.26. The lowest BCUT2D eigenvalue weighted by Crippen LogP contribution is -2.26. The molecule has 1 amide bonds. The summed E-state index contributed by atoms with van der Waals surface area (Å²) < 4.78 is 0. The first-order chi connectivity index (χ1) is 9.79. The zero-order valence-electron chi connectivity index (χ0n) is 11.4. The first kappa shape index (κ1) is 14.5. The van der Waals surface area contributed by atoms with Gasteiger partial charge in [-0.05, 0) is 18.6 Å². The Bertz CT molecular complexity index is 542. The van der Waals surface area contributed by atoms with E-state index < -0.39 is 0 Å². The molecule has 0 saturated carbocycles. The minimum Gasteiger partial charge on any atom is -0.370 e. The Hall–Kier alpha value is -1.95. The number of thiazole rings is 1. The topological polar surface area (TPSA) is 66.9 Å². The van der Waals surface area contributed by atoms with Crippen LogP contribution in [0.5, 0.6) is 0 Å². The Morgan fingerprint density at radius 3 is 3.00 bits per heavy atom. The number of hydrogen-bond acceptors (Lipinski definition) is 5. The molecule has 0 spiro atoms. The van der Waals surface area contributed by atoms with Crippen molar-refractivity contribution in [1.82, 2.24) is 15.3 Å². The van der Waals surface area contributed by atoms with Crippen LogP contribution in [0.4, 0.5) is 5.82 Å². The van der Waals surface area contributed by atoms with Crippen LogP contribution in [-0.4, -0.2) is 29.0 Å². The molecule has 0 aromatic carbocycles. The highest BCUT2D eigenvalue weighted by molar-refractivity contribution is 7.07. The molecule has 0 fully saturated rings. The van der Waals surface area contributed by atoms with Gasteiger partial charge in [0.25, 0.3) is 5.91 Å². The van der Waals surface area contributed by atoms with Crippen molar-refractivity contribution in [2.24, 2.45) is 0 Å². The molecule has 0 aliphatic carbocycles. The molecule has 0 aliphatic heterocycles. The Balaban J connectivity index is 1.85. The van der Waals surface area contributed by atoms with Crippen LogP contribution in [0.3, 0.4) is 0 Å². The normalized spacial score (nSPS) is 10.2. The average molecular weight is 290 g/mol. The zero-order chi connectivity index (χ0) is 14.2. The summed E-state index contributed by atoms with van der Waals surface area (Å²) >= 11 is 1.56. The number of rotatable bonds is 7. The molecule has 2 aromatic rings. The van der Waals surface area contributed by atoms with Crippen molar-refractivity contribution < 1.29 is 4.79 Å². The lowest BCUT2D eigenvalue weighted by molar-refractivity contribution is 0.0949. The minimum atomic E-state index is -0.152. The van der Waals surface area contributed by atoms with E-state index in [0.717, 1.165) is 30.9 Å². The molecule has 2 rings (SSSR count). The van der Waals surface area contributed by atoms with Gasteiger partial charge in [-0.1, -0.05) is 13.0 Å². The van der Waals surface area contributed by atoms with E-state index in [1.54, 1.807) is 22.9 Å². The number of aromatic nitrogens is 2. The molecule has 2 heterocycles. The van der Waals surface area contributed by atoms with Gasteiger partial charge in [-0.15, -0.1) is 11.3 Å². The van der Waals surface area contributed by atoms with E-state index in [9.17, 15) is 4.79 Å². The van der Waals surface area contributed by atoms with Crippen LogP contribution in [0.25, 0.3) is 0 Å². The van der Waals surface area contributed by atoms with Crippen LogP contribution < -0.4 is 10.6 Å². The number of pyridine rings is 1. The summed E-state index contributed by atoms with van der Waals surface area (Å²) in [5, 5.41) is 8.01. The largest absolute Gasteiger partial charge is 0.370 e. The van der Waals surface area contributed by atoms with Crippen LogP contribution in [0.1, 0.15) is 29.5 Å². The number of nitrogens with one attached hydrogen (secondary N) is 2. The van der Waals surface area contributed by atoms with E-state index in [1.807, 2.05) is 17.5 Å². The fraction of sp³-hybridized carbons (Fsp3) is 0.357. The number of nitrogens with zero attached hydrogens (tertiary/aromatic N) is 2. The van der Waals surface area contributed by atoms with Crippen molar-refractivity contribution in [3.05, 3.63) is 40.5 Å². The maximum Gasteiger partial charge on any atom is 0.269 e. The van der Waals surface area contributed by atoms with Gasteiger partial charge in [0, 0.05) is 24.9 Å². The summed E-state index contributed by atoms with van der Waals surface area (Å²) in [6.45, 7) is 3.50. The molecule has 0 radical (unpaired) electrons. The van der Waals surface area contributed by atoms with E-state index in [2.05, 4.69) is 27.5 Å². The molecule has 0 atom stereocenters. The van der Waals surface area contributed by atoms with Gasteiger partial charge in [0.1, 0.15) is 11.5 Å². The highest BCUT2D eigenvalue weighted by Crippen LogP contribution is 2.05. The molecule has 20 heavy (non-hydrogen) atoms. The Labute approximate surface area is 122 Å². The zero-order valence-corrected chi connectivity index (χ0v) is 12.2. The van der Waals surface area contributed by atoms with Crippen LogP contribution in [0.15, 0.2) is 29.1 Å². The summed E-state index contributed by atoms with van der Waals surface area (Å²) in [6.07, 6.45) is 1.76. The Morgan fingerprint density at radius 2 is 2.25 bits per heavy atom. The second kappa shape index (κ2) is 7.59. The van der Waals surface area contributed by atoms with Gasteiger partial charge in [-0.25, -0.2) is 9.97 Å². The van der Waals surface area contributed by atoms with E-state index in [0.29, 0.717) is 12.2 Å². The van der Waals surface area contributed by atoms with Crippen molar-refractivity contribution >= 4 is 23.1 Å². The molecule has 0 unspecified atom stereocenters. The molecule has 2 aromatic heterocycles. The quantitative estimate of drug-likeness (QED) is 0.821. The van der Waals surface area contributed by atoms with Crippen molar-refractivity contribution in [1.29, 1.82) is 0 Å². The van der Waals surface area contributed by atoms with E-state index in [-0.39, 0.29) is 5.91 Å². The third-order valence-electron chi connectivity index (χ3n) is 2.69. The van der Waals surface area contributed by atoms with Gasteiger partial charge in [0.05, 0.1) is 11.2 Å². The first-order valence-electron chi connectivity index (χ1n) is 6.66. The summed E-state index contributed by atoms with van der Waals surface area (Å²) in [6, 6.07) is 5.41. The predicted octanol–water partition coefficient (Wildman–Crippen LogP) is 2.33. The number of amides is 1. The highest BCUT2D eigenvalue weighted by atomic mass is 32.1. The third-order valence-corrected chi connectivity index (χ3v) is 3.32. The molecule has 5 nitrogen and oxygen atoms in total. The molecule has 6 heteroatoms. The summed E-state index contributed by atoms with van der Waals surface area (Å²) in [5.74, 6) is 0.583. The molecule has 0 saturated heterocycles. The van der Waals surface area contributed by atoms with E-state index in [1.165, 1.54) is 0 Å². The third kappa shape index (κ3) is 4.31. The van der Waals surface area contributed by atoms with Crippen molar-refractivity contribution in [2.45, 2.75) is 19.8 Å². The highest BCUT2D eigenvalue weighted by Gasteiger charge is 2.07. The minimum absolute atomic E-state index is 0.152. The van der Waals surface area contributed by atoms with Gasteiger partial charge in [-0.2, -0.15) is 0 Å². The van der Waals surface area contributed by atoms with E-state index in [4.69, 9.17) is 0 Å². The monoisotopic (exact) mass is 290 g/mol. The van der Waals surface area contributed by atoms with Gasteiger partial charge in [0.2, 0.25) is 0 Å². The SMILES string of the molecule is CCCNc1cccc(C(=O)NCCc2cscn2)n1. The van der Waals surface area contributed by atoms with Crippen LogP contribution in [0, 0.1) is 0 Å². The van der Waals surface area contributed by atoms with Crippen molar-refractivity contribution in [2.75, 3.05) is 18.4 Å². The lowest BCUT2D eigenvalue weighted by atomic mass is 10.3. The maximum absolute atomic E-state index is 12.0. The summed E-state index contributed by atoms with van der Waals surface area (Å²) in [7, 11) is 0. The Morgan fingerprint density at radius 1 is 1.35 bits per heavy atom. The summed E-state index contributed by atoms with van der Waals surface area (Å²) in [4.78, 5) is 20.4.